The molecule has 2 unspecified atom stereocenters. The zero-order chi connectivity index (χ0) is 26.9. The second-order valence-electron chi connectivity index (χ2n) is 9.23. The molecule has 0 saturated carbocycles. The van der Waals surface area contributed by atoms with Crippen molar-refractivity contribution in [3.05, 3.63) is 57.9 Å². The molecule has 0 N–H and O–H groups in total. The van der Waals surface area contributed by atoms with Crippen molar-refractivity contribution >= 4 is 43.5 Å². The Morgan fingerprint density at radius 1 is 1.11 bits per heavy atom. The smallest absolute Gasteiger partial charge is 0.326 e. The molecular formula is C26H31N3O6S2. The van der Waals surface area contributed by atoms with Crippen molar-refractivity contribution < 1.29 is 27.5 Å². The predicted octanol–water partition coefficient (Wildman–Crippen LogP) is 3.42. The first-order valence-electron chi connectivity index (χ1n) is 12.1. The average molecular weight is 546 g/mol. The molecule has 2 heterocycles. The number of hydrogen-bond acceptors (Lipinski definition) is 7. The van der Waals surface area contributed by atoms with Crippen LogP contribution >= 0.6 is 11.3 Å². The van der Waals surface area contributed by atoms with Gasteiger partial charge in [0.1, 0.15) is 6.54 Å². The minimum atomic E-state index is -3.72. The van der Waals surface area contributed by atoms with Crippen LogP contribution in [0, 0.1) is 13.8 Å². The van der Waals surface area contributed by atoms with Crippen LogP contribution < -0.4 is 4.80 Å². The van der Waals surface area contributed by atoms with E-state index in [0.29, 0.717) is 4.80 Å². The lowest BCUT2D eigenvalue weighted by Gasteiger charge is -2.34. The molecule has 1 aliphatic rings. The van der Waals surface area contributed by atoms with E-state index in [2.05, 4.69) is 4.99 Å². The number of hydrogen-bond donors (Lipinski definition) is 0. The highest BCUT2D eigenvalue weighted by molar-refractivity contribution is 7.89. The largest absolute Gasteiger partial charge is 0.465 e. The SMILES string of the molecule is CCOC(=O)Cn1c(=NC(=O)c2ccc(S(=O)(=O)N3CC(C)OC(C)C3)cc2)sc2c(C)cc(C)cc21. The van der Waals surface area contributed by atoms with Gasteiger partial charge in [-0.15, -0.1) is 0 Å². The minimum Gasteiger partial charge on any atom is -0.465 e. The predicted molar refractivity (Wildman–Crippen MR) is 141 cm³/mol. The summed E-state index contributed by atoms with van der Waals surface area (Å²) in [6, 6.07) is 9.76. The number of thiazole rings is 1. The van der Waals surface area contributed by atoms with Gasteiger partial charge in [-0.05, 0) is 76.1 Å². The van der Waals surface area contributed by atoms with E-state index >= 15 is 0 Å². The Kier molecular flexibility index (Phi) is 7.98. The van der Waals surface area contributed by atoms with Crippen LogP contribution in [0.15, 0.2) is 46.3 Å². The van der Waals surface area contributed by atoms with Gasteiger partial charge in [0.05, 0.1) is 33.9 Å². The van der Waals surface area contributed by atoms with Crippen molar-refractivity contribution in [2.75, 3.05) is 19.7 Å². The summed E-state index contributed by atoms with van der Waals surface area (Å²) in [5, 5.41) is 0. The number of rotatable bonds is 6. The number of sulfonamides is 1. The molecule has 1 aromatic heterocycles. The fourth-order valence-corrected chi connectivity index (χ4v) is 7.15. The van der Waals surface area contributed by atoms with Crippen molar-refractivity contribution in [1.82, 2.24) is 8.87 Å². The first kappa shape index (κ1) is 27.2. The lowest BCUT2D eigenvalue weighted by atomic mass is 10.1. The van der Waals surface area contributed by atoms with E-state index in [-0.39, 0.29) is 48.9 Å². The summed E-state index contributed by atoms with van der Waals surface area (Å²) >= 11 is 1.32. The summed E-state index contributed by atoms with van der Waals surface area (Å²) in [7, 11) is -3.72. The highest BCUT2D eigenvalue weighted by atomic mass is 32.2. The van der Waals surface area contributed by atoms with E-state index in [1.807, 2.05) is 39.8 Å². The number of carbonyl (C=O) groups excluding carboxylic acids is 2. The second-order valence-corrected chi connectivity index (χ2v) is 12.1. The fourth-order valence-electron chi connectivity index (χ4n) is 4.48. The molecule has 0 spiro atoms. The maximum atomic E-state index is 13.1. The van der Waals surface area contributed by atoms with Gasteiger partial charge in [-0.1, -0.05) is 17.4 Å². The molecule has 11 heteroatoms. The lowest BCUT2D eigenvalue weighted by Crippen LogP contribution is -2.48. The van der Waals surface area contributed by atoms with E-state index in [1.165, 1.54) is 39.9 Å². The molecule has 4 rings (SSSR count). The number of benzene rings is 2. The third-order valence-corrected chi connectivity index (χ3v) is 9.10. The van der Waals surface area contributed by atoms with Crippen molar-refractivity contribution in [2.45, 2.75) is 58.3 Å². The molecule has 37 heavy (non-hydrogen) atoms. The van der Waals surface area contributed by atoms with Gasteiger partial charge in [-0.25, -0.2) is 8.42 Å². The van der Waals surface area contributed by atoms with Crippen molar-refractivity contribution in [3.63, 3.8) is 0 Å². The first-order chi connectivity index (χ1) is 17.5. The van der Waals surface area contributed by atoms with Gasteiger partial charge in [0.15, 0.2) is 4.80 Å². The highest BCUT2D eigenvalue weighted by Gasteiger charge is 2.32. The topological polar surface area (TPSA) is 107 Å². The van der Waals surface area contributed by atoms with Gasteiger partial charge in [0, 0.05) is 18.7 Å². The van der Waals surface area contributed by atoms with E-state index in [0.717, 1.165) is 21.3 Å². The summed E-state index contributed by atoms with van der Waals surface area (Å²) in [4.78, 5) is 30.2. The highest BCUT2D eigenvalue weighted by Crippen LogP contribution is 2.24. The van der Waals surface area contributed by atoms with E-state index < -0.39 is 21.9 Å². The summed E-state index contributed by atoms with van der Waals surface area (Å²) in [5.74, 6) is -0.951. The van der Waals surface area contributed by atoms with E-state index in [9.17, 15) is 18.0 Å². The van der Waals surface area contributed by atoms with Gasteiger partial charge < -0.3 is 14.0 Å². The van der Waals surface area contributed by atoms with Crippen LogP contribution in [0.5, 0.6) is 0 Å². The van der Waals surface area contributed by atoms with Gasteiger partial charge in [-0.3, -0.25) is 9.59 Å². The standard InChI is InChI=1S/C26H31N3O6S2/c1-6-34-23(30)15-29-22-12-16(2)11-17(3)24(22)36-26(29)27-25(31)20-7-9-21(10-8-20)37(32,33)28-13-18(4)35-19(5)14-28/h7-12,18-19H,6,13-15H2,1-5H3. The molecule has 1 fully saturated rings. The molecule has 0 aliphatic carbocycles. The van der Waals surface area contributed by atoms with E-state index in [1.54, 1.807) is 11.5 Å². The van der Waals surface area contributed by atoms with Crippen molar-refractivity contribution in [1.29, 1.82) is 0 Å². The van der Waals surface area contributed by atoms with Crippen LogP contribution in [0.1, 0.15) is 42.3 Å². The summed E-state index contributed by atoms with van der Waals surface area (Å²) < 4.78 is 41.1. The molecule has 2 aromatic carbocycles. The lowest BCUT2D eigenvalue weighted by molar-refractivity contribution is -0.143. The molecule has 198 valence electrons. The van der Waals surface area contributed by atoms with Crippen LogP contribution in [0.3, 0.4) is 0 Å². The quantitative estimate of drug-likeness (QED) is 0.440. The number of aryl methyl sites for hydroxylation is 2. The number of aromatic nitrogens is 1. The van der Waals surface area contributed by atoms with Gasteiger partial charge in [0.25, 0.3) is 5.91 Å². The van der Waals surface area contributed by atoms with Gasteiger partial charge in [-0.2, -0.15) is 9.30 Å². The molecule has 2 atom stereocenters. The van der Waals surface area contributed by atoms with Crippen LogP contribution in [0.25, 0.3) is 10.2 Å². The maximum Gasteiger partial charge on any atom is 0.326 e. The zero-order valence-electron chi connectivity index (χ0n) is 21.6. The minimum absolute atomic E-state index is 0.0730. The van der Waals surface area contributed by atoms with Gasteiger partial charge >= 0.3 is 5.97 Å². The molecular weight excluding hydrogens is 514 g/mol. The third kappa shape index (κ3) is 5.85. The zero-order valence-corrected chi connectivity index (χ0v) is 23.2. The van der Waals surface area contributed by atoms with Crippen molar-refractivity contribution in [3.8, 4) is 0 Å². The number of carbonyl (C=O) groups is 2. The molecule has 0 radical (unpaired) electrons. The number of ether oxygens (including phenoxy) is 2. The number of fused-ring (bicyclic) bond motifs is 1. The Morgan fingerprint density at radius 2 is 1.76 bits per heavy atom. The molecule has 9 nitrogen and oxygen atoms in total. The molecule has 1 aliphatic heterocycles. The molecule has 3 aromatic rings. The normalized spacial score (nSPS) is 19.3. The Labute approximate surface area is 220 Å². The number of morpholine rings is 1. The molecule has 0 bridgehead atoms. The summed E-state index contributed by atoms with van der Waals surface area (Å²) in [6.07, 6.45) is -0.401. The Morgan fingerprint density at radius 3 is 2.38 bits per heavy atom. The van der Waals surface area contributed by atoms with Gasteiger partial charge in [0.2, 0.25) is 10.0 Å². The fraction of sp³-hybridized carbons (Fsp3) is 0.423. The summed E-state index contributed by atoms with van der Waals surface area (Å²) in [5.41, 5.74) is 3.10. The number of amides is 1. The van der Waals surface area contributed by atoms with Crippen LogP contribution in [-0.4, -0.2) is 61.1 Å². The number of nitrogens with zero attached hydrogens (tertiary/aromatic N) is 3. The monoisotopic (exact) mass is 545 g/mol. The molecule has 1 amide bonds. The Balaban J connectivity index is 1.67. The van der Waals surface area contributed by atoms with Crippen LogP contribution in [-0.2, 0) is 30.8 Å². The first-order valence-corrected chi connectivity index (χ1v) is 14.4. The maximum absolute atomic E-state index is 13.1. The Bertz CT molecular complexity index is 1500. The van der Waals surface area contributed by atoms with Crippen LogP contribution in [0.2, 0.25) is 0 Å². The number of esters is 1. The van der Waals surface area contributed by atoms with E-state index in [4.69, 9.17) is 9.47 Å². The molecule has 1 saturated heterocycles. The third-order valence-electron chi connectivity index (χ3n) is 6.03. The second kappa shape index (κ2) is 10.9. The Hall–Kier alpha value is -2.86. The van der Waals surface area contributed by atoms with Crippen molar-refractivity contribution in [2.24, 2.45) is 4.99 Å². The summed E-state index contributed by atoms with van der Waals surface area (Å²) in [6.45, 7) is 10.1. The average Bonchev–Trinajstić information content (AvgIpc) is 3.15. The van der Waals surface area contributed by atoms with Crippen LogP contribution in [0.4, 0.5) is 0 Å².